The van der Waals surface area contributed by atoms with Gasteiger partial charge in [-0.3, -0.25) is 0 Å². The highest BCUT2D eigenvalue weighted by molar-refractivity contribution is 6.17. The van der Waals surface area contributed by atoms with Crippen LogP contribution in [-0.2, 0) is 0 Å². The predicted octanol–water partition coefficient (Wildman–Crippen LogP) is 16.7. The lowest BCUT2D eigenvalue weighted by Gasteiger charge is -2.30. The van der Waals surface area contributed by atoms with Crippen LogP contribution in [0.2, 0.25) is 0 Å². The lowest BCUT2D eigenvalue weighted by molar-refractivity contribution is 1.18. The van der Waals surface area contributed by atoms with Gasteiger partial charge in [0.25, 0.3) is 0 Å². The molecule has 2 nitrogen and oxygen atoms in total. The zero-order valence-electron chi connectivity index (χ0n) is 34.0. The highest BCUT2D eigenvalue weighted by atomic mass is 15.1. The molecule has 0 saturated carbocycles. The van der Waals surface area contributed by atoms with Crippen molar-refractivity contribution in [3.63, 3.8) is 0 Å². The summed E-state index contributed by atoms with van der Waals surface area (Å²) < 4.78 is 2.39. The molecule has 0 amide bonds. The highest BCUT2D eigenvalue weighted by Crippen LogP contribution is 2.47. The summed E-state index contributed by atoms with van der Waals surface area (Å²) in [5.74, 6) is 0. The van der Waals surface area contributed by atoms with E-state index in [1.165, 1.54) is 76.4 Å². The number of nitrogens with zero attached hydrogens (tertiary/aromatic N) is 2. The number of hydrogen-bond acceptors (Lipinski definition) is 1. The fraction of sp³-hybridized carbons (Fsp3) is 0. The standard InChI is InChI=1S/C60H40N2/c1-2-22-46(23-3-1)61-57-33-13-11-29-55(57)60-52(31-16-34-58(60)61)44-21-14-20-43(39-44)51-26-10-12-32-56(51)62(59-40-45-18-5-7-25-50(45)53-27-8-9-28-54(53)59)47-37-35-42(36-38-47)49-30-15-19-41-17-4-6-24-48(41)49/h1-40H. The molecule has 11 aromatic carbocycles. The smallest absolute Gasteiger partial charge is 0.0547 e. The van der Waals surface area contributed by atoms with Gasteiger partial charge in [-0.05, 0) is 109 Å². The van der Waals surface area contributed by atoms with E-state index in [1.54, 1.807) is 0 Å². The summed E-state index contributed by atoms with van der Waals surface area (Å²) in [7, 11) is 0. The van der Waals surface area contributed by atoms with Gasteiger partial charge in [-0.25, -0.2) is 0 Å². The molecule has 0 N–H and O–H groups in total. The molecule has 1 aromatic heterocycles. The monoisotopic (exact) mass is 788 g/mol. The van der Waals surface area contributed by atoms with Gasteiger partial charge in [0.15, 0.2) is 0 Å². The van der Waals surface area contributed by atoms with E-state index in [0.29, 0.717) is 0 Å². The molecule has 0 aliphatic carbocycles. The molecule has 0 saturated heterocycles. The summed E-state index contributed by atoms with van der Waals surface area (Å²) in [5.41, 5.74) is 14.0. The fourth-order valence-corrected chi connectivity index (χ4v) is 9.78. The van der Waals surface area contributed by atoms with Crippen LogP contribution in [0, 0.1) is 0 Å². The Morgan fingerprint density at radius 3 is 1.69 bits per heavy atom. The fourth-order valence-electron chi connectivity index (χ4n) is 9.78. The summed E-state index contributed by atoms with van der Waals surface area (Å²) in [6.45, 7) is 0. The van der Waals surface area contributed by atoms with Crippen molar-refractivity contribution in [2.75, 3.05) is 4.90 Å². The van der Waals surface area contributed by atoms with E-state index in [-0.39, 0.29) is 0 Å². The van der Waals surface area contributed by atoms with Crippen molar-refractivity contribution in [1.29, 1.82) is 0 Å². The molecule has 0 aliphatic rings. The van der Waals surface area contributed by atoms with Gasteiger partial charge < -0.3 is 9.47 Å². The zero-order valence-corrected chi connectivity index (χ0v) is 34.0. The van der Waals surface area contributed by atoms with Gasteiger partial charge in [-0.2, -0.15) is 0 Å². The van der Waals surface area contributed by atoms with E-state index < -0.39 is 0 Å². The third-order valence-corrected chi connectivity index (χ3v) is 12.6. The number of anilines is 3. The number of para-hydroxylation sites is 3. The van der Waals surface area contributed by atoms with Gasteiger partial charge in [0.1, 0.15) is 0 Å². The minimum atomic E-state index is 1.09. The maximum Gasteiger partial charge on any atom is 0.0547 e. The largest absolute Gasteiger partial charge is 0.309 e. The third-order valence-electron chi connectivity index (χ3n) is 12.6. The Labute approximate surface area is 360 Å². The highest BCUT2D eigenvalue weighted by Gasteiger charge is 2.22. The third kappa shape index (κ3) is 5.88. The second-order valence-electron chi connectivity index (χ2n) is 16.1. The molecule has 2 heteroatoms. The first-order chi connectivity index (χ1) is 30.8. The van der Waals surface area contributed by atoms with Crippen LogP contribution in [0.3, 0.4) is 0 Å². The Morgan fingerprint density at radius 2 is 0.855 bits per heavy atom. The molecular formula is C60H40N2. The molecule has 12 rings (SSSR count). The normalized spacial score (nSPS) is 11.5. The van der Waals surface area contributed by atoms with E-state index in [0.717, 1.165) is 33.9 Å². The van der Waals surface area contributed by atoms with Crippen molar-refractivity contribution in [2.24, 2.45) is 0 Å². The Morgan fingerprint density at radius 1 is 0.290 bits per heavy atom. The van der Waals surface area contributed by atoms with Crippen LogP contribution in [0.15, 0.2) is 243 Å². The number of benzene rings is 11. The minimum Gasteiger partial charge on any atom is -0.309 e. The van der Waals surface area contributed by atoms with Crippen LogP contribution in [0.1, 0.15) is 0 Å². The maximum atomic E-state index is 2.47. The lowest BCUT2D eigenvalue weighted by Crippen LogP contribution is -2.12. The average Bonchev–Trinajstić information content (AvgIpc) is 3.69. The molecule has 62 heavy (non-hydrogen) atoms. The molecule has 12 aromatic rings. The zero-order chi connectivity index (χ0) is 41.0. The summed E-state index contributed by atoms with van der Waals surface area (Å²) in [5, 5.41) is 9.90. The van der Waals surface area contributed by atoms with Gasteiger partial charge in [-0.1, -0.05) is 188 Å². The minimum absolute atomic E-state index is 1.09. The maximum absolute atomic E-state index is 2.47. The van der Waals surface area contributed by atoms with Crippen molar-refractivity contribution in [1.82, 2.24) is 4.57 Å². The Bertz CT molecular complexity index is 3630. The van der Waals surface area contributed by atoms with Crippen LogP contribution in [-0.4, -0.2) is 4.57 Å². The van der Waals surface area contributed by atoms with Crippen molar-refractivity contribution in [3.8, 4) is 39.1 Å². The van der Waals surface area contributed by atoms with Gasteiger partial charge >= 0.3 is 0 Å². The molecule has 0 atom stereocenters. The molecule has 0 bridgehead atoms. The van der Waals surface area contributed by atoms with Crippen molar-refractivity contribution >= 4 is 71.2 Å². The molecule has 0 radical (unpaired) electrons. The summed E-state index contributed by atoms with van der Waals surface area (Å²) in [4.78, 5) is 2.47. The SMILES string of the molecule is c1ccc(-n2c3ccccc3c3c(-c4cccc(-c5ccccc5N(c5ccc(-c6cccc7ccccc67)cc5)c5cc6ccccc6c6ccccc56)c4)cccc32)cc1. The Kier molecular flexibility index (Phi) is 8.53. The van der Waals surface area contributed by atoms with E-state index in [1.807, 2.05) is 0 Å². The second kappa shape index (κ2) is 14.8. The summed E-state index contributed by atoms with van der Waals surface area (Å²) in [6, 6.07) is 88.5. The van der Waals surface area contributed by atoms with E-state index in [4.69, 9.17) is 0 Å². The van der Waals surface area contributed by atoms with Gasteiger partial charge in [0.05, 0.1) is 22.4 Å². The average molecular weight is 789 g/mol. The predicted molar refractivity (Wildman–Crippen MR) is 264 cm³/mol. The molecule has 0 spiro atoms. The van der Waals surface area contributed by atoms with E-state index in [2.05, 4.69) is 252 Å². The molecule has 1 heterocycles. The number of fused-ring (bicyclic) bond motifs is 7. The quantitative estimate of drug-likeness (QED) is 0.146. The van der Waals surface area contributed by atoms with Crippen molar-refractivity contribution in [3.05, 3.63) is 243 Å². The first-order valence-electron chi connectivity index (χ1n) is 21.3. The first kappa shape index (κ1) is 35.7. The molecule has 0 unspecified atom stereocenters. The Balaban J connectivity index is 1.06. The summed E-state index contributed by atoms with van der Waals surface area (Å²) >= 11 is 0. The van der Waals surface area contributed by atoms with Gasteiger partial charge in [0.2, 0.25) is 0 Å². The number of aromatic nitrogens is 1. The van der Waals surface area contributed by atoms with Crippen LogP contribution in [0.4, 0.5) is 17.1 Å². The van der Waals surface area contributed by atoms with E-state index >= 15 is 0 Å². The lowest BCUT2D eigenvalue weighted by atomic mass is 9.94. The molecule has 290 valence electrons. The van der Waals surface area contributed by atoms with Crippen molar-refractivity contribution < 1.29 is 0 Å². The second-order valence-corrected chi connectivity index (χ2v) is 16.1. The van der Waals surface area contributed by atoms with Crippen LogP contribution >= 0.6 is 0 Å². The topological polar surface area (TPSA) is 8.17 Å². The van der Waals surface area contributed by atoms with Crippen molar-refractivity contribution in [2.45, 2.75) is 0 Å². The molecule has 0 fully saturated rings. The van der Waals surface area contributed by atoms with Crippen LogP contribution < -0.4 is 4.90 Å². The number of rotatable bonds is 7. The van der Waals surface area contributed by atoms with Crippen LogP contribution in [0.25, 0.3) is 93.2 Å². The molecule has 0 aliphatic heterocycles. The number of hydrogen-bond donors (Lipinski definition) is 0. The molecular weight excluding hydrogens is 749 g/mol. The van der Waals surface area contributed by atoms with Gasteiger partial charge in [-0.15, -0.1) is 0 Å². The van der Waals surface area contributed by atoms with Gasteiger partial charge in [0, 0.05) is 33.1 Å². The Hall–Kier alpha value is -8.20. The van der Waals surface area contributed by atoms with Crippen LogP contribution in [0.5, 0.6) is 0 Å². The first-order valence-corrected chi connectivity index (χ1v) is 21.3. The van der Waals surface area contributed by atoms with E-state index in [9.17, 15) is 0 Å². The summed E-state index contributed by atoms with van der Waals surface area (Å²) in [6.07, 6.45) is 0.